The van der Waals surface area contributed by atoms with E-state index in [1.54, 1.807) is 37.3 Å². The Balaban J connectivity index is 1.71. The van der Waals surface area contributed by atoms with Crippen molar-refractivity contribution in [2.45, 2.75) is 30.8 Å². The summed E-state index contributed by atoms with van der Waals surface area (Å²) in [5.41, 5.74) is 1.41. The van der Waals surface area contributed by atoms with Crippen LogP contribution in [0.1, 0.15) is 28.4 Å². The fourth-order valence-electron chi connectivity index (χ4n) is 4.26. The minimum Gasteiger partial charge on any atom is -0.355 e. The molecule has 0 radical (unpaired) electrons. The van der Waals surface area contributed by atoms with Crippen molar-refractivity contribution in [2.75, 3.05) is 13.1 Å². The van der Waals surface area contributed by atoms with Crippen LogP contribution in [0, 0.1) is 0 Å². The van der Waals surface area contributed by atoms with Crippen LogP contribution >= 0.6 is 11.6 Å². The molecule has 37 heavy (non-hydrogen) atoms. The normalized spacial score (nSPS) is 14.6. The summed E-state index contributed by atoms with van der Waals surface area (Å²) in [4.78, 5) is 41.1. The predicted octanol–water partition coefficient (Wildman–Crippen LogP) is 3.26. The maximum Gasteiger partial charge on any atom is 0.269 e. The Hall–Kier alpha value is -3.69. The van der Waals surface area contributed by atoms with E-state index in [4.69, 9.17) is 11.6 Å². The molecule has 3 aromatic rings. The molecule has 1 heterocycles. The van der Waals surface area contributed by atoms with Gasteiger partial charge in [-0.05, 0) is 36.2 Å². The van der Waals surface area contributed by atoms with Crippen LogP contribution in [0.2, 0.25) is 5.02 Å². The first kappa shape index (κ1) is 26.4. The van der Waals surface area contributed by atoms with Crippen LogP contribution in [-0.4, -0.2) is 54.5 Å². The predicted molar refractivity (Wildman–Crippen MR) is 139 cm³/mol. The highest BCUT2D eigenvalue weighted by atomic mass is 35.5. The summed E-state index contributed by atoms with van der Waals surface area (Å²) in [6.07, 6.45) is 0.184. The molecule has 192 valence electrons. The second kappa shape index (κ2) is 11.1. The molecule has 0 fully saturated rings. The molecule has 0 bridgehead atoms. The van der Waals surface area contributed by atoms with Gasteiger partial charge in [-0.1, -0.05) is 72.3 Å². The Bertz CT molecular complexity index is 1430. The Morgan fingerprint density at radius 2 is 1.62 bits per heavy atom. The fraction of sp³-hybridized carbons (Fsp3) is 0.222. The number of hydrogen-bond donors (Lipinski definition) is 1. The number of hydrogen-bond acceptors (Lipinski definition) is 5. The molecule has 0 aromatic heterocycles. The van der Waals surface area contributed by atoms with Crippen molar-refractivity contribution in [2.24, 2.45) is 0 Å². The number of nitrogens with one attached hydrogen (secondary N) is 1. The van der Waals surface area contributed by atoms with Crippen molar-refractivity contribution in [1.82, 2.24) is 14.5 Å². The van der Waals surface area contributed by atoms with E-state index in [2.05, 4.69) is 5.32 Å². The summed E-state index contributed by atoms with van der Waals surface area (Å²) in [6.45, 7) is 1.31. The zero-order chi connectivity index (χ0) is 26.6. The van der Waals surface area contributed by atoms with Crippen molar-refractivity contribution < 1.29 is 22.8 Å². The molecule has 1 atom stereocenters. The van der Waals surface area contributed by atoms with Gasteiger partial charge >= 0.3 is 0 Å². The molecule has 1 N–H and O–H groups in total. The maximum atomic E-state index is 13.8. The molecule has 10 heteroatoms. The van der Waals surface area contributed by atoms with E-state index < -0.39 is 40.3 Å². The lowest BCUT2D eigenvalue weighted by Crippen LogP contribution is -2.53. The Labute approximate surface area is 220 Å². The minimum atomic E-state index is -4.21. The van der Waals surface area contributed by atoms with E-state index in [1.165, 1.54) is 23.1 Å². The van der Waals surface area contributed by atoms with Gasteiger partial charge in [0.1, 0.15) is 17.5 Å². The number of fused-ring (bicyclic) bond motifs is 1. The number of likely N-dealkylation sites (N-methyl/N-ethyl adjacent to an activating group) is 1. The SMILES string of the molecule is CCNC(=O)[C@H](Cc1ccccc1)N(Cc1ccccc1Cl)C(=O)CN1C(=O)c2ccccc2S1(=O)=O. The largest absolute Gasteiger partial charge is 0.355 e. The standard InChI is InChI=1S/C27H26ClN3O5S/c1-2-29-26(33)23(16-19-10-4-3-5-11-19)30(17-20-12-6-8-14-22(20)28)25(32)18-31-27(34)21-13-7-9-15-24(21)37(31,35)36/h3-15,23H,2,16-18H2,1H3,(H,29,33)/t23-/m0/s1. The summed E-state index contributed by atoms with van der Waals surface area (Å²) in [5.74, 6) is -1.87. The second-order valence-electron chi connectivity index (χ2n) is 8.53. The van der Waals surface area contributed by atoms with Crippen molar-refractivity contribution in [1.29, 1.82) is 0 Å². The van der Waals surface area contributed by atoms with Crippen molar-refractivity contribution >= 4 is 39.3 Å². The number of carbonyl (C=O) groups excluding carboxylic acids is 3. The Morgan fingerprint density at radius 1 is 0.973 bits per heavy atom. The quantitative estimate of drug-likeness (QED) is 0.449. The molecule has 4 rings (SSSR count). The van der Waals surface area contributed by atoms with Crippen LogP contribution in [0.5, 0.6) is 0 Å². The highest BCUT2D eigenvalue weighted by Gasteiger charge is 2.43. The van der Waals surface area contributed by atoms with Gasteiger partial charge in [-0.3, -0.25) is 14.4 Å². The van der Waals surface area contributed by atoms with Crippen LogP contribution in [-0.2, 0) is 32.6 Å². The van der Waals surface area contributed by atoms with E-state index >= 15 is 0 Å². The van der Waals surface area contributed by atoms with E-state index in [-0.39, 0.29) is 23.4 Å². The van der Waals surface area contributed by atoms with E-state index in [0.29, 0.717) is 21.4 Å². The van der Waals surface area contributed by atoms with Gasteiger partial charge in [0.05, 0.1) is 5.56 Å². The summed E-state index contributed by atoms with van der Waals surface area (Å²) >= 11 is 6.38. The highest BCUT2D eigenvalue weighted by molar-refractivity contribution is 7.90. The number of carbonyl (C=O) groups is 3. The Morgan fingerprint density at radius 3 is 2.30 bits per heavy atom. The van der Waals surface area contributed by atoms with Crippen LogP contribution in [0.25, 0.3) is 0 Å². The molecular weight excluding hydrogens is 514 g/mol. The van der Waals surface area contributed by atoms with Crippen molar-refractivity contribution in [3.63, 3.8) is 0 Å². The molecule has 0 unspecified atom stereocenters. The molecule has 0 saturated carbocycles. The van der Waals surface area contributed by atoms with Gasteiger partial charge in [-0.15, -0.1) is 0 Å². The molecule has 0 spiro atoms. The van der Waals surface area contributed by atoms with Gasteiger partial charge in [-0.25, -0.2) is 12.7 Å². The van der Waals surface area contributed by atoms with Gasteiger partial charge in [-0.2, -0.15) is 0 Å². The van der Waals surface area contributed by atoms with Crippen molar-refractivity contribution in [3.8, 4) is 0 Å². The first-order valence-electron chi connectivity index (χ1n) is 11.7. The highest BCUT2D eigenvalue weighted by Crippen LogP contribution is 2.30. The molecule has 0 aliphatic carbocycles. The summed E-state index contributed by atoms with van der Waals surface area (Å²) in [7, 11) is -4.21. The van der Waals surface area contributed by atoms with Gasteiger partial charge in [0.25, 0.3) is 15.9 Å². The number of amides is 3. The lowest BCUT2D eigenvalue weighted by atomic mass is 10.0. The average molecular weight is 540 g/mol. The number of sulfonamides is 1. The molecule has 3 amide bonds. The first-order chi connectivity index (χ1) is 17.7. The number of rotatable bonds is 9. The average Bonchev–Trinajstić information content (AvgIpc) is 3.08. The van der Waals surface area contributed by atoms with Gasteiger partial charge in [0.2, 0.25) is 11.8 Å². The second-order valence-corrected chi connectivity index (χ2v) is 10.8. The van der Waals surface area contributed by atoms with Gasteiger partial charge < -0.3 is 10.2 Å². The molecule has 0 saturated heterocycles. The molecule has 8 nitrogen and oxygen atoms in total. The third kappa shape index (κ3) is 5.52. The van der Waals surface area contributed by atoms with Crippen molar-refractivity contribution in [3.05, 3.63) is 101 Å². The van der Waals surface area contributed by atoms with Crippen LogP contribution in [0.4, 0.5) is 0 Å². The van der Waals surface area contributed by atoms with Crippen LogP contribution < -0.4 is 5.32 Å². The molecule has 1 aliphatic rings. The van der Waals surface area contributed by atoms with Crippen LogP contribution in [0.15, 0.2) is 83.8 Å². The van der Waals surface area contributed by atoms with E-state index in [1.807, 2.05) is 30.3 Å². The van der Waals surface area contributed by atoms with Crippen LogP contribution in [0.3, 0.4) is 0 Å². The molecule has 3 aromatic carbocycles. The van der Waals surface area contributed by atoms with Gasteiger partial charge in [0.15, 0.2) is 0 Å². The lowest BCUT2D eigenvalue weighted by Gasteiger charge is -2.32. The fourth-order valence-corrected chi connectivity index (χ4v) is 5.97. The zero-order valence-electron chi connectivity index (χ0n) is 20.1. The number of nitrogens with zero attached hydrogens (tertiary/aromatic N) is 2. The zero-order valence-corrected chi connectivity index (χ0v) is 21.7. The van der Waals surface area contributed by atoms with Gasteiger partial charge in [0, 0.05) is 24.5 Å². The lowest BCUT2D eigenvalue weighted by molar-refractivity contribution is -0.141. The number of benzene rings is 3. The first-order valence-corrected chi connectivity index (χ1v) is 13.6. The minimum absolute atomic E-state index is 0.0116. The van der Waals surface area contributed by atoms with E-state index in [9.17, 15) is 22.8 Å². The Kier molecular flexibility index (Phi) is 7.94. The monoisotopic (exact) mass is 539 g/mol. The maximum absolute atomic E-state index is 13.8. The summed E-state index contributed by atoms with van der Waals surface area (Å²) < 4.78 is 26.8. The van der Waals surface area contributed by atoms with E-state index in [0.717, 1.165) is 5.56 Å². The smallest absolute Gasteiger partial charge is 0.269 e. The molecular formula is C27H26ClN3O5S. The summed E-state index contributed by atoms with van der Waals surface area (Å²) in [5, 5.41) is 3.17. The summed E-state index contributed by atoms with van der Waals surface area (Å²) in [6, 6.07) is 20.9. The number of halogens is 1. The molecule has 1 aliphatic heterocycles. The third-order valence-corrected chi connectivity index (χ3v) is 8.27. The topological polar surface area (TPSA) is 104 Å². The third-order valence-electron chi connectivity index (χ3n) is 6.11.